The van der Waals surface area contributed by atoms with E-state index in [-0.39, 0.29) is 11.8 Å². The second-order valence-corrected chi connectivity index (χ2v) is 6.94. The highest BCUT2D eigenvalue weighted by Gasteiger charge is 2.40. The maximum Gasteiger partial charge on any atom is 0.255 e. The zero-order valence-corrected chi connectivity index (χ0v) is 15.5. The molecule has 3 aromatic carbocycles. The summed E-state index contributed by atoms with van der Waals surface area (Å²) in [4.78, 5) is 27.7. The van der Waals surface area contributed by atoms with Gasteiger partial charge in [0.15, 0.2) is 0 Å². The maximum atomic E-state index is 13.0. The first kappa shape index (κ1) is 18.0. The molecule has 1 heterocycles. The van der Waals surface area contributed by atoms with Gasteiger partial charge in [0.25, 0.3) is 5.91 Å². The molecule has 140 valence electrons. The number of rotatable bonds is 6. The van der Waals surface area contributed by atoms with Crippen molar-refractivity contribution >= 4 is 11.8 Å². The van der Waals surface area contributed by atoms with Gasteiger partial charge in [-0.15, -0.1) is 0 Å². The van der Waals surface area contributed by atoms with Gasteiger partial charge in [0.1, 0.15) is 6.04 Å². The van der Waals surface area contributed by atoms with E-state index in [9.17, 15) is 9.59 Å². The average Bonchev–Trinajstić information content (AvgIpc) is 3.01. The Kier molecular flexibility index (Phi) is 5.20. The van der Waals surface area contributed by atoms with E-state index in [4.69, 9.17) is 0 Å². The number of carbonyl (C=O) groups is 2. The molecule has 4 rings (SSSR count). The number of hydrogen-bond donors (Lipinski definition) is 1. The molecule has 1 aliphatic rings. The molecule has 0 fully saturated rings. The van der Waals surface area contributed by atoms with Crippen LogP contribution in [0.3, 0.4) is 0 Å². The fourth-order valence-electron chi connectivity index (χ4n) is 3.67. The number of nitrogens with zero attached hydrogens (tertiary/aromatic N) is 1. The largest absolute Gasteiger partial charge is 0.354 e. The van der Waals surface area contributed by atoms with E-state index in [1.807, 2.05) is 78.9 Å². The molecule has 3 aromatic rings. The minimum absolute atomic E-state index is 0.0948. The zero-order chi connectivity index (χ0) is 19.3. The highest BCUT2D eigenvalue weighted by Crippen LogP contribution is 2.34. The maximum absolute atomic E-state index is 13.0. The number of amides is 2. The molecule has 0 aromatic heterocycles. The molecule has 1 aliphatic heterocycles. The first-order chi connectivity index (χ1) is 13.7. The van der Waals surface area contributed by atoms with E-state index in [1.54, 1.807) is 11.0 Å². The van der Waals surface area contributed by atoms with Crippen molar-refractivity contribution in [3.63, 3.8) is 0 Å². The van der Waals surface area contributed by atoms with Crippen molar-refractivity contribution in [3.05, 3.63) is 107 Å². The van der Waals surface area contributed by atoms with Crippen LogP contribution in [0.1, 0.15) is 33.1 Å². The summed E-state index contributed by atoms with van der Waals surface area (Å²) in [6, 6.07) is 26.6. The smallest absolute Gasteiger partial charge is 0.255 e. The minimum atomic E-state index is -0.598. The van der Waals surface area contributed by atoms with Crippen molar-refractivity contribution in [1.29, 1.82) is 0 Å². The molecule has 1 N–H and O–H groups in total. The third kappa shape index (κ3) is 3.67. The van der Waals surface area contributed by atoms with Crippen molar-refractivity contribution in [3.8, 4) is 0 Å². The van der Waals surface area contributed by atoms with Crippen LogP contribution in [0.2, 0.25) is 0 Å². The molecular weight excluding hydrogens is 348 g/mol. The Morgan fingerprint density at radius 2 is 1.43 bits per heavy atom. The molecular formula is C24H22N2O2. The summed E-state index contributed by atoms with van der Waals surface area (Å²) >= 11 is 0. The molecule has 1 atom stereocenters. The zero-order valence-electron chi connectivity index (χ0n) is 15.5. The highest BCUT2D eigenvalue weighted by atomic mass is 16.2. The van der Waals surface area contributed by atoms with Crippen molar-refractivity contribution in [2.24, 2.45) is 0 Å². The van der Waals surface area contributed by atoms with E-state index >= 15 is 0 Å². The predicted molar refractivity (Wildman–Crippen MR) is 109 cm³/mol. The molecule has 0 bridgehead atoms. The molecule has 0 spiro atoms. The standard InChI is InChI=1S/C24H22N2O2/c27-23(25-16-15-18-9-3-1-4-10-18)22-20-13-7-8-14-21(20)24(28)26(22)17-19-11-5-2-6-12-19/h1-14,22H,15-17H2,(H,25,27)/t22-/m1/s1. The first-order valence-corrected chi connectivity index (χ1v) is 9.49. The Labute approximate surface area is 164 Å². The van der Waals surface area contributed by atoms with Crippen molar-refractivity contribution in [2.45, 2.75) is 19.0 Å². The van der Waals surface area contributed by atoms with Gasteiger partial charge in [-0.1, -0.05) is 78.9 Å². The van der Waals surface area contributed by atoms with E-state index in [0.29, 0.717) is 18.7 Å². The van der Waals surface area contributed by atoms with Gasteiger partial charge in [-0.05, 0) is 29.2 Å². The Bertz CT molecular complexity index is 970. The van der Waals surface area contributed by atoms with Gasteiger partial charge in [-0.2, -0.15) is 0 Å². The Morgan fingerprint density at radius 1 is 0.821 bits per heavy atom. The second-order valence-electron chi connectivity index (χ2n) is 6.94. The average molecular weight is 370 g/mol. The van der Waals surface area contributed by atoms with E-state index in [1.165, 1.54) is 5.56 Å². The van der Waals surface area contributed by atoms with Crippen LogP contribution in [0.15, 0.2) is 84.9 Å². The summed E-state index contributed by atoms with van der Waals surface area (Å²) < 4.78 is 0. The summed E-state index contributed by atoms with van der Waals surface area (Å²) in [6.07, 6.45) is 0.758. The number of benzene rings is 3. The topological polar surface area (TPSA) is 49.4 Å². The lowest BCUT2D eigenvalue weighted by atomic mass is 10.0. The third-order valence-electron chi connectivity index (χ3n) is 5.06. The molecule has 4 nitrogen and oxygen atoms in total. The summed E-state index contributed by atoms with van der Waals surface area (Å²) in [5.41, 5.74) is 3.57. The van der Waals surface area contributed by atoms with Gasteiger partial charge in [0.05, 0.1) is 0 Å². The van der Waals surface area contributed by atoms with Gasteiger partial charge in [-0.25, -0.2) is 0 Å². The molecule has 28 heavy (non-hydrogen) atoms. The number of hydrogen-bond acceptors (Lipinski definition) is 2. The number of fused-ring (bicyclic) bond motifs is 1. The lowest BCUT2D eigenvalue weighted by molar-refractivity contribution is -0.125. The second kappa shape index (κ2) is 8.09. The van der Waals surface area contributed by atoms with Crippen LogP contribution in [-0.4, -0.2) is 23.3 Å². The van der Waals surface area contributed by atoms with Crippen LogP contribution < -0.4 is 5.32 Å². The predicted octanol–water partition coefficient (Wildman–Crippen LogP) is 3.74. The van der Waals surface area contributed by atoms with Gasteiger partial charge in [0, 0.05) is 18.7 Å². The van der Waals surface area contributed by atoms with Crippen LogP contribution in [0.5, 0.6) is 0 Å². The molecule has 0 unspecified atom stereocenters. The lowest BCUT2D eigenvalue weighted by Crippen LogP contribution is -2.39. The van der Waals surface area contributed by atoms with Crippen LogP contribution in [0.4, 0.5) is 0 Å². The van der Waals surface area contributed by atoms with Crippen LogP contribution in [-0.2, 0) is 17.8 Å². The SMILES string of the molecule is O=C(NCCc1ccccc1)[C@H]1c2ccccc2C(=O)N1Cc1ccccc1. The van der Waals surface area contributed by atoms with Gasteiger partial charge in [-0.3, -0.25) is 9.59 Å². The quantitative estimate of drug-likeness (QED) is 0.719. The minimum Gasteiger partial charge on any atom is -0.354 e. The Morgan fingerprint density at radius 3 is 2.14 bits per heavy atom. The van der Waals surface area contributed by atoms with Crippen molar-refractivity contribution in [1.82, 2.24) is 10.2 Å². The lowest BCUT2D eigenvalue weighted by Gasteiger charge is -2.25. The molecule has 0 saturated carbocycles. The Balaban J connectivity index is 1.52. The van der Waals surface area contributed by atoms with Crippen molar-refractivity contribution < 1.29 is 9.59 Å². The van der Waals surface area contributed by atoms with E-state index < -0.39 is 6.04 Å². The van der Waals surface area contributed by atoms with E-state index in [0.717, 1.165) is 17.5 Å². The summed E-state index contributed by atoms with van der Waals surface area (Å²) in [5, 5.41) is 3.02. The molecule has 4 heteroatoms. The molecule has 2 amide bonds. The summed E-state index contributed by atoms with van der Waals surface area (Å²) in [6.45, 7) is 0.944. The number of carbonyl (C=O) groups excluding carboxylic acids is 2. The summed E-state index contributed by atoms with van der Waals surface area (Å²) in [5.74, 6) is -0.229. The molecule has 0 aliphatic carbocycles. The third-order valence-corrected chi connectivity index (χ3v) is 5.06. The first-order valence-electron chi connectivity index (χ1n) is 9.49. The normalized spacial score (nSPS) is 15.4. The van der Waals surface area contributed by atoms with Gasteiger partial charge >= 0.3 is 0 Å². The Hall–Kier alpha value is -3.40. The molecule has 0 saturated heterocycles. The van der Waals surface area contributed by atoms with E-state index in [2.05, 4.69) is 5.32 Å². The fraction of sp³-hybridized carbons (Fsp3) is 0.167. The van der Waals surface area contributed by atoms with Crippen LogP contribution in [0.25, 0.3) is 0 Å². The van der Waals surface area contributed by atoms with Crippen molar-refractivity contribution in [2.75, 3.05) is 6.54 Å². The van der Waals surface area contributed by atoms with Crippen LogP contribution in [0, 0.1) is 0 Å². The number of nitrogens with one attached hydrogen (secondary N) is 1. The monoisotopic (exact) mass is 370 g/mol. The summed E-state index contributed by atoms with van der Waals surface area (Å²) in [7, 11) is 0. The van der Waals surface area contributed by atoms with Crippen LogP contribution >= 0.6 is 0 Å². The molecule has 0 radical (unpaired) electrons. The highest BCUT2D eigenvalue weighted by molar-refractivity contribution is 6.04. The van der Waals surface area contributed by atoms with Gasteiger partial charge < -0.3 is 10.2 Å². The fourth-order valence-corrected chi connectivity index (χ4v) is 3.67. The van der Waals surface area contributed by atoms with Gasteiger partial charge in [0.2, 0.25) is 5.91 Å².